The molecule has 0 N–H and O–H groups in total. The number of halogens is 5. The molecular weight excluding hydrogens is 325 g/mol. The van der Waals surface area contributed by atoms with E-state index < -0.39 is 11.7 Å². The van der Waals surface area contributed by atoms with E-state index in [1.807, 2.05) is 0 Å². The van der Waals surface area contributed by atoms with Crippen molar-refractivity contribution in [2.45, 2.75) is 11.0 Å². The second-order valence-electron chi connectivity index (χ2n) is 2.75. The van der Waals surface area contributed by atoms with Crippen LogP contribution in [0.25, 0.3) is 0 Å². The smallest absolute Gasteiger partial charge is 0.166 e. The predicted molar refractivity (Wildman–Crippen MR) is 56.9 cm³/mol. The first-order valence-electron chi connectivity index (χ1n) is 3.82. The Kier molecular flexibility index (Phi) is 4.01. The Hall–Kier alpha value is -0.0300. The zero-order chi connectivity index (χ0) is 10.8. The lowest BCUT2D eigenvalue weighted by molar-refractivity contribution is -0.137. The van der Waals surface area contributed by atoms with Gasteiger partial charge < -0.3 is 0 Å². The summed E-state index contributed by atoms with van der Waals surface area (Å²) in [5, 5.41) is 0.578. The van der Waals surface area contributed by atoms with Crippen molar-refractivity contribution >= 4 is 31.9 Å². The maximum absolute atomic E-state index is 12.3. The lowest BCUT2D eigenvalue weighted by Gasteiger charge is -2.10. The van der Waals surface area contributed by atoms with Gasteiger partial charge in [-0.25, -0.2) is 0 Å². The van der Waals surface area contributed by atoms with Crippen LogP contribution >= 0.6 is 31.9 Å². The summed E-state index contributed by atoms with van der Waals surface area (Å²) in [4.78, 5) is -0.0928. The molecule has 1 aromatic rings. The van der Waals surface area contributed by atoms with E-state index in [0.717, 1.165) is 12.1 Å². The molecule has 0 saturated heterocycles. The van der Waals surface area contributed by atoms with Crippen molar-refractivity contribution in [3.63, 3.8) is 0 Å². The molecule has 0 amide bonds. The lowest BCUT2D eigenvalue weighted by atomic mass is 10.1. The number of rotatable bonds is 2. The summed E-state index contributed by atoms with van der Waals surface area (Å²) in [7, 11) is 0. The minimum Gasteiger partial charge on any atom is -0.166 e. The Morgan fingerprint density at radius 3 is 2.43 bits per heavy atom. The summed E-state index contributed by atoms with van der Waals surface area (Å²) in [6.45, 7) is 0. The fraction of sp³-hybridized carbons (Fsp3) is 0.333. The molecule has 0 heterocycles. The van der Waals surface area contributed by atoms with Crippen LogP contribution in [0.1, 0.15) is 16.0 Å². The standard InChI is InChI=1S/C9H7Br2F3/c10-5-8(11)6-2-1-3-7(4-6)9(12,13)14/h1-4,8H,5H2. The molecule has 0 aliphatic heterocycles. The highest BCUT2D eigenvalue weighted by Crippen LogP contribution is 2.32. The van der Waals surface area contributed by atoms with Crippen molar-refractivity contribution in [1.29, 1.82) is 0 Å². The third-order valence-corrected chi connectivity index (χ3v) is 4.08. The van der Waals surface area contributed by atoms with Crippen LogP contribution in [0.5, 0.6) is 0 Å². The largest absolute Gasteiger partial charge is 0.416 e. The predicted octanol–water partition coefficient (Wildman–Crippen LogP) is 4.54. The van der Waals surface area contributed by atoms with Crippen LogP contribution in [-0.2, 0) is 6.18 Å². The molecule has 1 atom stereocenters. The average molecular weight is 332 g/mol. The quantitative estimate of drug-likeness (QED) is 0.698. The summed E-state index contributed by atoms with van der Waals surface area (Å²) in [6, 6.07) is 5.29. The topological polar surface area (TPSA) is 0 Å². The van der Waals surface area contributed by atoms with Crippen LogP contribution in [-0.4, -0.2) is 5.33 Å². The molecule has 1 rings (SSSR count). The van der Waals surface area contributed by atoms with Crippen LogP contribution in [0.2, 0.25) is 0 Å². The van der Waals surface area contributed by atoms with E-state index in [2.05, 4.69) is 31.9 Å². The first-order chi connectivity index (χ1) is 6.45. The zero-order valence-electron chi connectivity index (χ0n) is 6.98. The number of alkyl halides is 5. The van der Waals surface area contributed by atoms with Crippen LogP contribution in [0.4, 0.5) is 13.2 Å². The van der Waals surface area contributed by atoms with Crippen LogP contribution in [0.15, 0.2) is 24.3 Å². The number of hydrogen-bond acceptors (Lipinski definition) is 0. The van der Waals surface area contributed by atoms with Crippen molar-refractivity contribution in [1.82, 2.24) is 0 Å². The molecule has 0 aliphatic carbocycles. The van der Waals surface area contributed by atoms with E-state index in [1.165, 1.54) is 6.07 Å². The van der Waals surface area contributed by atoms with Gasteiger partial charge in [0.05, 0.1) is 5.56 Å². The Morgan fingerprint density at radius 2 is 1.93 bits per heavy atom. The maximum atomic E-state index is 12.3. The van der Waals surface area contributed by atoms with Crippen LogP contribution in [0.3, 0.4) is 0 Å². The van der Waals surface area contributed by atoms with Crippen molar-refractivity contribution in [3.8, 4) is 0 Å². The monoisotopic (exact) mass is 330 g/mol. The minimum absolute atomic E-state index is 0.0928. The van der Waals surface area contributed by atoms with Crippen LogP contribution in [0, 0.1) is 0 Å². The Labute approximate surface area is 96.8 Å². The molecule has 0 saturated carbocycles. The Morgan fingerprint density at radius 1 is 1.29 bits per heavy atom. The summed E-state index contributed by atoms with van der Waals surface area (Å²) < 4.78 is 36.9. The van der Waals surface area contributed by atoms with Gasteiger partial charge >= 0.3 is 6.18 Å². The van der Waals surface area contributed by atoms with Gasteiger partial charge in [0.15, 0.2) is 0 Å². The van der Waals surface area contributed by atoms with Gasteiger partial charge in [-0.1, -0.05) is 50.1 Å². The van der Waals surface area contributed by atoms with E-state index in [9.17, 15) is 13.2 Å². The lowest BCUT2D eigenvalue weighted by Crippen LogP contribution is -2.05. The summed E-state index contributed by atoms with van der Waals surface area (Å²) in [5.74, 6) is 0. The second kappa shape index (κ2) is 4.66. The molecule has 1 aromatic carbocycles. The third kappa shape index (κ3) is 2.98. The normalized spacial score (nSPS) is 14.1. The highest BCUT2D eigenvalue weighted by molar-refractivity contribution is 9.12. The molecule has 0 spiro atoms. The molecular formula is C9H7Br2F3. The van der Waals surface area contributed by atoms with Crippen molar-refractivity contribution < 1.29 is 13.2 Å². The van der Waals surface area contributed by atoms with Gasteiger partial charge in [-0.05, 0) is 11.6 Å². The van der Waals surface area contributed by atoms with Gasteiger partial charge in [0.2, 0.25) is 0 Å². The number of benzene rings is 1. The first kappa shape index (κ1) is 12.0. The first-order valence-corrected chi connectivity index (χ1v) is 5.86. The molecule has 0 bridgehead atoms. The van der Waals surface area contributed by atoms with E-state index in [1.54, 1.807) is 6.07 Å². The van der Waals surface area contributed by atoms with Crippen molar-refractivity contribution in [3.05, 3.63) is 35.4 Å². The van der Waals surface area contributed by atoms with Gasteiger partial charge in [-0.15, -0.1) is 0 Å². The molecule has 0 nitrogen and oxygen atoms in total. The zero-order valence-corrected chi connectivity index (χ0v) is 10.2. The van der Waals surface area contributed by atoms with Gasteiger partial charge in [0.25, 0.3) is 0 Å². The summed E-state index contributed by atoms with van der Waals surface area (Å²) >= 11 is 6.47. The highest BCUT2D eigenvalue weighted by Gasteiger charge is 2.30. The van der Waals surface area contributed by atoms with Gasteiger partial charge in [0.1, 0.15) is 0 Å². The highest BCUT2D eigenvalue weighted by atomic mass is 79.9. The third-order valence-electron chi connectivity index (χ3n) is 1.71. The molecule has 1 unspecified atom stereocenters. The maximum Gasteiger partial charge on any atom is 0.416 e. The number of hydrogen-bond donors (Lipinski definition) is 0. The molecule has 0 aromatic heterocycles. The molecule has 0 fully saturated rings. The van der Waals surface area contributed by atoms with Crippen molar-refractivity contribution in [2.75, 3.05) is 5.33 Å². The summed E-state index contributed by atoms with van der Waals surface area (Å²) in [5.41, 5.74) is 0.0112. The molecule has 14 heavy (non-hydrogen) atoms. The summed E-state index contributed by atoms with van der Waals surface area (Å²) in [6.07, 6.45) is -4.27. The second-order valence-corrected chi connectivity index (χ2v) is 4.50. The van der Waals surface area contributed by atoms with Gasteiger partial charge in [-0.3, -0.25) is 0 Å². The fourth-order valence-corrected chi connectivity index (χ4v) is 1.66. The minimum atomic E-state index is -4.27. The SMILES string of the molecule is FC(F)(F)c1cccc(C(Br)CBr)c1. The van der Waals surface area contributed by atoms with E-state index in [-0.39, 0.29) is 4.83 Å². The van der Waals surface area contributed by atoms with Crippen molar-refractivity contribution in [2.24, 2.45) is 0 Å². The fourth-order valence-electron chi connectivity index (χ4n) is 0.999. The van der Waals surface area contributed by atoms with E-state index in [0.29, 0.717) is 10.9 Å². The molecule has 0 aliphatic rings. The Balaban J connectivity index is 3.01. The van der Waals surface area contributed by atoms with E-state index in [4.69, 9.17) is 0 Å². The van der Waals surface area contributed by atoms with Crippen LogP contribution < -0.4 is 0 Å². The average Bonchev–Trinajstić information content (AvgIpc) is 2.15. The molecule has 78 valence electrons. The van der Waals surface area contributed by atoms with E-state index >= 15 is 0 Å². The molecule has 5 heteroatoms. The Bertz CT molecular complexity index is 309. The van der Waals surface area contributed by atoms with Gasteiger partial charge in [-0.2, -0.15) is 13.2 Å². The molecule has 0 radical (unpaired) electrons. The van der Waals surface area contributed by atoms with Gasteiger partial charge in [0, 0.05) is 10.2 Å².